The molecule has 0 bridgehead atoms. The van der Waals surface area contributed by atoms with Crippen LogP contribution in [0.1, 0.15) is 31.4 Å². The molecular formula is C16H24N4O. The number of rotatable bonds is 8. The first-order valence-electron chi connectivity index (χ1n) is 7.44. The summed E-state index contributed by atoms with van der Waals surface area (Å²) < 4.78 is 5.09. The van der Waals surface area contributed by atoms with Crippen molar-refractivity contribution >= 4 is 11.8 Å². The summed E-state index contributed by atoms with van der Waals surface area (Å²) in [6, 6.07) is 4.23. The van der Waals surface area contributed by atoms with Gasteiger partial charge >= 0.3 is 0 Å². The lowest BCUT2D eigenvalue weighted by Crippen LogP contribution is -2.38. The van der Waals surface area contributed by atoms with Crippen LogP contribution in [0.2, 0.25) is 0 Å². The molecular weight excluding hydrogens is 264 g/mol. The van der Waals surface area contributed by atoms with Crippen LogP contribution in [0.15, 0.2) is 24.5 Å². The average Bonchev–Trinajstić information content (AvgIpc) is 2.49. The van der Waals surface area contributed by atoms with Crippen LogP contribution in [0.3, 0.4) is 0 Å². The van der Waals surface area contributed by atoms with Crippen LogP contribution in [0.4, 0.5) is 0 Å². The predicted molar refractivity (Wildman–Crippen MR) is 85.5 cm³/mol. The summed E-state index contributed by atoms with van der Waals surface area (Å²) in [5.41, 5.74) is 7.08. The SMILES string of the molecule is COc1ccc(/C(C=N)=C/NC2CC(CCCN)C2)nc1. The van der Waals surface area contributed by atoms with E-state index < -0.39 is 0 Å². The third-order valence-corrected chi connectivity index (χ3v) is 3.95. The van der Waals surface area contributed by atoms with Gasteiger partial charge in [0.05, 0.1) is 19.0 Å². The second kappa shape index (κ2) is 7.78. The Morgan fingerprint density at radius 3 is 2.90 bits per heavy atom. The molecule has 2 rings (SSSR count). The molecule has 0 spiro atoms. The number of ether oxygens (including phenoxy) is 1. The van der Waals surface area contributed by atoms with Gasteiger partial charge in [0.15, 0.2) is 0 Å². The van der Waals surface area contributed by atoms with Crippen LogP contribution in [-0.4, -0.2) is 30.9 Å². The van der Waals surface area contributed by atoms with E-state index in [1.54, 1.807) is 13.3 Å². The molecule has 1 fully saturated rings. The third-order valence-electron chi connectivity index (χ3n) is 3.95. The molecule has 21 heavy (non-hydrogen) atoms. The molecule has 0 radical (unpaired) electrons. The number of nitrogens with zero attached hydrogens (tertiary/aromatic N) is 1. The average molecular weight is 288 g/mol. The monoisotopic (exact) mass is 288 g/mol. The van der Waals surface area contributed by atoms with Crippen molar-refractivity contribution in [2.75, 3.05) is 13.7 Å². The van der Waals surface area contributed by atoms with E-state index in [1.807, 2.05) is 18.3 Å². The molecule has 1 aliphatic carbocycles. The highest BCUT2D eigenvalue weighted by Gasteiger charge is 2.27. The molecule has 1 aromatic rings. The van der Waals surface area contributed by atoms with E-state index in [1.165, 1.54) is 25.5 Å². The molecule has 0 aliphatic heterocycles. The zero-order valence-corrected chi connectivity index (χ0v) is 12.5. The fourth-order valence-electron chi connectivity index (χ4n) is 2.58. The van der Waals surface area contributed by atoms with E-state index in [4.69, 9.17) is 15.9 Å². The molecule has 4 N–H and O–H groups in total. The Balaban J connectivity index is 1.85. The number of hydrogen-bond acceptors (Lipinski definition) is 5. The van der Waals surface area contributed by atoms with Crippen molar-refractivity contribution in [3.8, 4) is 5.75 Å². The normalized spacial score (nSPS) is 21.5. The lowest BCUT2D eigenvalue weighted by Gasteiger charge is -2.35. The topological polar surface area (TPSA) is 84.0 Å². The fraction of sp³-hybridized carbons (Fsp3) is 0.500. The minimum Gasteiger partial charge on any atom is -0.495 e. The summed E-state index contributed by atoms with van der Waals surface area (Å²) in [4.78, 5) is 4.30. The summed E-state index contributed by atoms with van der Waals surface area (Å²) in [6.45, 7) is 0.787. The maximum Gasteiger partial charge on any atom is 0.137 e. The van der Waals surface area contributed by atoms with Crippen LogP contribution < -0.4 is 15.8 Å². The molecule has 0 aromatic carbocycles. The molecule has 5 heteroatoms. The molecule has 0 atom stereocenters. The van der Waals surface area contributed by atoms with E-state index in [2.05, 4.69) is 10.3 Å². The Morgan fingerprint density at radius 2 is 2.33 bits per heavy atom. The van der Waals surface area contributed by atoms with Gasteiger partial charge in [-0.3, -0.25) is 4.98 Å². The van der Waals surface area contributed by atoms with Crippen molar-refractivity contribution in [3.63, 3.8) is 0 Å². The van der Waals surface area contributed by atoms with Gasteiger partial charge in [-0.1, -0.05) is 0 Å². The minimum absolute atomic E-state index is 0.515. The molecule has 1 heterocycles. The summed E-state index contributed by atoms with van der Waals surface area (Å²) >= 11 is 0. The van der Waals surface area contributed by atoms with E-state index in [9.17, 15) is 0 Å². The van der Waals surface area contributed by atoms with Crippen LogP contribution in [0.5, 0.6) is 5.75 Å². The Morgan fingerprint density at radius 1 is 1.52 bits per heavy atom. The molecule has 1 aliphatic rings. The van der Waals surface area contributed by atoms with Crippen LogP contribution in [0.25, 0.3) is 5.57 Å². The maximum atomic E-state index is 7.53. The van der Waals surface area contributed by atoms with E-state index in [-0.39, 0.29) is 0 Å². The van der Waals surface area contributed by atoms with E-state index in [0.717, 1.165) is 35.9 Å². The van der Waals surface area contributed by atoms with Crippen molar-refractivity contribution < 1.29 is 4.74 Å². The standard InChI is InChI=1S/C16H24N4O/c1-21-15-4-5-16(20-11-15)13(9-18)10-19-14-7-12(8-14)3-2-6-17/h4-5,9-12,14,18-19H,2-3,6-8,17H2,1H3/b13-10+,18-9?. The van der Waals surface area contributed by atoms with Gasteiger partial charge in [0, 0.05) is 24.0 Å². The Labute approximate surface area is 126 Å². The quantitative estimate of drug-likeness (QED) is 0.640. The van der Waals surface area contributed by atoms with Crippen molar-refractivity contribution in [3.05, 3.63) is 30.2 Å². The maximum absolute atomic E-state index is 7.53. The zero-order chi connectivity index (χ0) is 15.1. The Hall–Kier alpha value is -1.88. The van der Waals surface area contributed by atoms with Gasteiger partial charge in [-0.2, -0.15) is 0 Å². The summed E-state index contributed by atoms with van der Waals surface area (Å²) in [5, 5.41) is 10.9. The molecule has 0 unspecified atom stereocenters. The first kappa shape index (κ1) is 15.5. The third kappa shape index (κ3) is 4.29. The largest absolute Gasteiger partial charge is 0.495 e. The van der Waals surface area contributed by atoms with Gasteiger partial charge < -0.3 is 21.2 Å². The van der Waals surface area contributed by atoms with Crippen molar-refractivity contribution in [2.24, 2.45) is 11.7 Å². The summed E-state index contributed by atoms with van der Waals surface area (Å²) in [5.74, 6) is 1.53. The highest BCUT2D eigenvalue weighted by Crippen LogP contribution is 2.31. The molecule has 1 saturated carbocycles. The van der Waals surface area contributed by atoms with Crippen molar-refractivity contribution in [1.29, 1.82) is 5.41 Å². The molecule has 1 aromatic heterocycles. The van der Waals surface area contributed by atoms with Crippen LogP contribution >= 0.6 is 0 Å². The first-order valence-corrected chi connectivity index (χ1v) is 7.44. The van der Waals surface area contributed by atoms with E-state index >= 15 is 0 Å². The second-order valence-corrected chi connectivity index (χ2v) is 5.46. The van der Waals surface area contributed by atoms with Gasteiger partial charge in [0.1, 0.15) is 5.75 Å². The summed E-state index contributed by atoms with van der Waals surface area (Å²) in [7, 11) is 1.61. The van der Waals surface area contributed by atoms with Gasteiger partial charge in [0.2, 0.25) is 0 Å². The zero-order valence-electron chi connectivity index (χ0n) is 12.5. The Kier molecular flexibility index (Phi) is 5.75. The van der Waals surface area contributed by atoms with Gasteiger partial charge in [-0.15, -0.1) is 0 Å². The Bertz CT molecular complexity index is 478. The predicted octanol–water partition coefficient (Wildman–Crippen LogP) is 2.19. The number of allylic oxidation sites excluding steroid dienone is 1. The highest BCUT2D eigenvalue weighted by molar-refractivity contribution is 6.07. The molecule has 0 amide bonds. The number of hydrogen-bond donors (Lipinski definition) is 3. The lowest BCUT2D eigenvalue weighted by molar-refractivity contribution is 0.223. The van der Waals surface area contributed by atoms with Gasteiger partial charge in [-0.25, -0.2) is 0 Å². The van der Waals surface area contributed by atoms with E-state index in [0.29, 0.717) is 6.04 Å². The van der Waals surface area contributed by atoms with Gasteiger partial charge in [0.25, 0.3) is 0 Å². The van der Waals surface area contributed by atoms with Crippen LogP contribution in [-0.2, 0) is 0 Å². The summed E-state index contributed by atoms with van der Waals surface area (Å²) in [6.07, 6.45) is 9.62. The molecule has 5 nitrogen and oxygen atoms in total. The van der Waals surface area contributed by atoms with Gasteiger partial charge in [-0.05, 0) is 50.3 Å². The molecule has 0 saturated heterocycles. The van der Waals surface area contributed by atoms with Crippen molar-refractivity contribution in [2.45, 2.75) is 31.7 Å². The highest BCUT2D eigenvalue weighted by atomic mass is 16.5. The minimum atomic E-state index is 0.515. The number of nitrogens with two attached hydrogens (primary N) is 1. The molecule has 114 valence electrons. The number of pyridine rings is 1. The van der Waals surface area contributed by atoms with Crippen molar-refractivity contribution in [1.82, 2.24) is 10.3 Å². The lowest BCUT2D eigenvalue weighted by atomic mass is 9.77. The second-order valence-electron chi connectivity index (χ2n) is 5.46. The number of nitrogens with one attached hydrogen (secondary N) is 2. The number of aromatic nitrogens is 1. The smallest absolute Gasteiger partial charge is 0.137 e. The first-order chi connectivity index (χ1) is 10.3. The number of methoxy groups -OCH3 is 1. The fourth-order valence-corrected chi connectivity index (χ4v) is 2.58. The van der Waals surface area contributed by atoms with Crippen LogP contribution in [0, 0.1) is 11.3 Å².